The third-order valence-corrected chi connectivity index (χ3v) is 9.05. The molecule has 1 amide bonds. The summed E-state index contributed by atoms with van der Waals surface area (Å²) < 4.78 is 42.4. The van der Waals surface area contributed by atoms with Crippen molar-refractivity contribution in [1.82, 2.24) is 15.0 Å². The monoisotopic (exact) mass is 549 g/mol. The minimum atomic E-state index is -3.76. The second-order valence-electron chi connectivity index (χ2n) is 10.2. The smallest absolute Gasteiger partial charge is 0.240 e. The maximum Gasteiger partial charge on any atom is 0.240 e. The second-order valence-corrected chi connectivity index (χ2v) is 11.9. The molecule has 1 aliphatic rings. The van der Waals surface area contributed by atoms with Crippen LogP contribution >= 0.6 is 0 Å². The number of aliphatic hydroxyl groups is 1. The number of aliphatic hydroxyl groups excluding tert-OH is 1. The zero-order chi connectivity index (χ0) is 27.6. The summed E-state index contributed by atoms with van der Waals surface area (Å²) in [4.78, 5) is 16.2. The van der Waals surface area contributed by atoms with Gasteiger partial charge in [-0.1, -0.05) is 42.5 Å². The molecular formula is C30H32FN3O4S. The number of carbonyl (C=O) groups is 1. The normalized spacial score (nSPS) is 18.6. The number of nitrogens with one attached hydrogen (secondary N) is 3. The number of aromatic amines is 1. The van der Waals surface area contributed by atoms with Crippen molar-refractivity contribution in [2.24, 2.45) is 5.92 Å². The van der Waals surface area contributed by atoms with Crippen LogP contribution in [0.1, 0.15) is 49.8 Å². The number of fused-ring (bicyclic) bond motifs is 1. The number of halogens is 1. The van der Waals surface area contributed by atoms with E-state index in [-0.39, 0.29) is 41.2 Å². The maximum absolute atomic E-state index is 13.2. The van der Waals surface area contributed by atoms with Gasteiger partial charge in [0.1, 0.15) is 5.82 Å². The molecule has 1 atom stereocenters. The highest BCUT2D eigenvalue weighted by molar-refractivity contribution is 7.89. The van der Waals surface area contributed by atoms with E-state index in [4.69, 9.17) is 0 Å². The van der Waals surface area contributed by atoms with Gasteiger partial charge in [-0.25, -0.2) is 17.5 Å². The van der Waals surface area contributed by atoms with Gasteiger partial charge in [0.2, 0.25) is 15.9 Å². The molecule has 5 rings (SSSR count). The van der Waals surface area contributed by atoms with Crippen LogP contribution in [-0.4, -0.2) is 30.5 Å². The fraction of sp³-hybridized carbons (Fsp3) is 0.300. The molecule has 0 aliphatic heterocycles. The molecule has 4 aromatic rings. The predicted octanol–water partition coefficient (Wildman–Crippen LogP) is 5.18. The third kappa shape index (κ3) is 6.06. The van der Waals surface area contributed by atoms with E-state index < -0.39 is 10.0 Å². The maximum atomic E-state index is 13.2. The van der Waals surface area contributed by atoms with Crippen molar-refractivity contribution in [3.63, 3.8) is 0 Å². The minimum Gasteiger partial charge on any atom is -0.392 e. The first-order valence-electron chi connectivity index (χ1n) is 13.1. The molecule has 204 valence electrons. The summed E-state index contributed by atoms with van der Waals surface area (Å²) in [6.45, 7) is 1.77. The van der Waals surface area contributed by atoms with E-state index in [1.165, 1.54) is 12.1 Å². The fourth-order valence-electron chi connectivity index (χ4n) is 5.27. The van der Waals surface area contributed by atoms with E-state index in [1.54, 1.807) is 30.3 Å². The summed E-state index contributed by atoms with van der Waals surface area (Å²) in [6, 6.07) is 20.0. The molecule has 4 N–H and O–H groups in total. The van der Waals surface area contributed by atoms with Gasteiger partial charge in [0.05, 0.1) is 17.5 Å². The van der Waals surface area contributed by atoms with Crippen molar-refractivity contribution in [3.8, 4) is 11.3 Å². The van der Waals surface area contributed by atoms with E-state index in [2.05, 4.69) is 15.0 Å². The molecule has 0 bridgehead atoms. The highest BCUT2D eigenvalue weighted by atomic mass is 32.2. The first-order chi connectivity index (χ1) is 18.7. The number of H-pyrrole nitrogens is 1. The van der Waals surface area contributed by atoms with Gasteiger partial charge in [0.25, 0.3) is 0 Å². The fourth-order valence-corrected chi connectivity index (χ4v) is 6.60. The van der Waals surface area contributed by atoms with Crippen LogP contribution in [0.3, 0.4) is 0 Å². The lowest BCUT2D eigenvalue weighted by Gasteiger charge is -2.29. The molecule has 0 radical (unpaired) electrons. The minimum absolute atomic E-state index is 0.0658. The van der Waals surface area contributed by atoms with Crippen molar-refractivity contribution < 1.29 is 22.7 Å². The summed E-state index contributed by atoms with van der Waals surface area (Å²) in [5, 5.41) is 13.5. The first kappa shape index (κ1) is 27.1. The van der Waals surface area contributed by atoms with Crippen LogP contribution in [-0.2, 0) is 21.4 Å². The molecule has 1 heterocycles. The summed E-state index contributed by atoms with van der Waals surface area (Å²) in [5.74, 6) is -0.576. The van der Waals surface area contributed by atoms with Gasteiger partial charge < -0.3 is 15.4 Å². The van der Waals surface area contributed by atoms with E-state index in [9.17, 15) is 22.7 Å². The molecule has 7 nitrogen and oxygen atoms in total. The molecule has 1 aromatic heterocycles. The van der Waals surface area contributed by atoms with Crippen molar-refractivity contribution in [2.75, 3.05) is 0 Å². The van der Waals surface area contributed by atoms with Crippen molar-refractivity contribution in [2.45, 2.75) is 56.2 Å². The van der Waals surface area contributed by atoms with Crippen LogP contribution in [0.25, 0.3) is 22.2 Å². The number of sulfonamides is 1. The summed E-state index contributed by atoms with van der Waals surface area (Å²) in [7, 11) is -3.76. The van der Waals surface area contributed by atoms with E-state index in [1.807, 2.05) is 37.3 Å². The predicted molar refractivity (Wildman–Crippen MR) is 149 cm³/mol. The zero-order valence-corrected chi connectivity index (χ0v) is 22.5. The Kier molecular flexibility index (Phi) is 7.83. The van der Waals surface area contributed by atoms with Gasteiger partial charge in [-0.05, 0) is 74.1 Å². The summed E-state index contributed by atoms with van der Waals surface area (Å²) in [5.41, 5.74) is 3.98. The van der Waals surface area contributed by atoms with Gasteiger partial charge in [0.15, 0.2) is 0 Å². The number of amides is 1. The molecule has 0 saturated heterocycles. The SMILES string of the molecule is C[C@@H](NC(=O)C1CCC(NS(=O)(=O)c2ccc3cc(-c4ccccc4CO)[nH]c3c2)CC1)c1ccc(F)cc1. The third-order valence-electron chi connectivity index (χ3n) is 7.53. The number of aromatic nitrogens is 1. The topological polar surface area (TPSA) is 111 Å². The van der Waals surface area contributed by atoms with Gasteiger partial charge >= 0.3 is 0 Å². The average Bonchev–Trinajstić information content (AvgIpc) is 3.37. The molecule has 9 heteroatoms. The average molecular weight is 550 g/mol. The van der Waals surface area contributed by atoms with Crippen molar-refractivity contribution in [3.05, 3.63) is 89.7 Å². The van der Waals surface area contributed by atoms with E-state index in [0.29, 0.717) is 31.2 Å². The quantitative estimate of drug-likeness (QED) is 0.243. The zero-order valence-electron chi connectivity index (χ0n) is 21.7. The lowest BCUT2D eigenvalue weighted by Crippen LogP contribution is -2.41. The molecule has 0 spiro atoms. The molecule has 1 aliphatic carbocycles. The van der Waals surface area contributed by atoms with Crippen LogP contribution in [0.5, 0.6) is 0 Å². The molecule has 3 aromatic carbocycles. The standard InChI is InChI=1S/C30H32FN3O4S/c1-19(20-6-11-24(31)12-7-20)32-30(36)21-8-13-25(14-9-21)34-39(37,38)26-15-10-22-16-29(33-28(22)17-26)27-5-3-2-4-23(27)18-35/h2-7,10-12,15-17,19,21,25,33-35H,8-9,13-14,18H2,1H3,(H,32,36)/t19-,21?,25?/m1/s1. The van der Waals surface area contributed by atoms with Gasteiger partial charge in [-0.15, -0.1) is 0 Å². The summed E-state index contributed by atoms with van der Waals surface area (Å²) >= 11 is 0. The van der Waals surface area contributed by atoms with Crippen LogP contribution in [0, 0.1) is 11.7 Å². The molecule has 0 unspecified atom stereocenters. The number of benzene rings is 3. The lowest BCUT2D eigenvalue weighted by molar-refractivity contribution is -0.126. The van der Waals surface area contributed by atoms with Gasteiger partial charge in [-0.2, -0.15) is 0 Å². The van der Waals surface area contributed by atoms with Gasteiger partial charge in [-0.3, -0.25) is 4.79 Å². The Morgan fingerprint density at radius 3 is 2.46 bits per heavy atom. The Morgan fingerprint density at radius 2 is 1.74 bits per heavy atom. The lowest BCUT2D eigenvalue weighted by atomic mass is 9.85. The van der Waals surface area contributed by atoms with Crippen molar-refractivity contribution >= 4 is 26.8 Å². The Balaban J connectivity index is 1.21. The Labute approximate surface area is 227 Å². The molecule has 1 fully saturated rings. The van der Waals surface area contributed by atoms with Crippen LogP contribution in [0.4, 0.5) is 4.39 Å². The first-order valence-corrected chi connectivity index (χ1v) is 14.6. The Hall–Kier alpha value is -3.53. The molecule has 1 saturated carbocycles. The molecular weight excluding hydrogens is 517 g/mol. The van der Waals surface area contributed by atoms with E-state index >= 15 is 0 Å². The number of rotatable bonds is 8. The Bertz CT molecular complexity index is 1580. The van der Waals surface area contributed by atoms with Crippen LogP contribution < -0.4 is 10.0 Å². The number of hydrogen-bond acceptors (Lipinski definition) is 4. The second kappa shape index (κ2) is 11.3. The highest BCUT2D eigenvalue weighted by Crippen LogP contribution is 2.30. The molecule has 39 heavy (non-hydrogen) atoms. The van der Waals surface area contributed by atoms with Crippen LogP contribution in [0.15, 0.2) is 77.7 Å². The number of hydrogen-bond donors (Lipinski definition) is 4. The Morgan fingerprint density at radius 1 is 1.03 bits per heavy atom. The van der Waals surface area contributed by atoms with E-state index in [0.717, 1.165) is 27.8 Å². The van der Waals surface area contributed by atoms with Gasteiger partial charge in [0, 0.05) is 34.1 Å². The largest absolute Gasteiger partial charge is 0.392 e. The highest BCUT2D eigenvalue weighted by Gasteiger charge is 2.30. The number of carbonyl (C=O) groups excluding carboxylic acids is 1. The summed E-state index contributed by atoms with van der Waals surface area (Å²) in [6.07, 6.45) is 2.29. The van der Waals surface area contributed by atoms with Crippen LogP contribution in [0.2, 0.25) is 0 Å². The van der Waals surface area contributed by atoms with Crippen molar-refractivity contribution in [1.29, 1.82) is 0 Å².